The molecule has 134 valence electrons. The van der Waals surface area contributed by atoms with Crippen molar-refractivity contribution in [2.75, 3.05) is 13.1 Å². The number of amides is 2. The van der Waals surface area contributed by atoms with Gasteiger partial charge in [0.1, 0.15) is 0 Å². The van der Waals surface area contributed by atoms with E-state index in [4.69, 9.17) is 5.73 Å². The second-order valence-electron chi connectivity index (χ2n) is 6.77. The summed E-state index contributed by atoms with van der Waals surface area (Å²) in [6.45, 7) is 1.37. The highest BCUT2D eigenvalue weighted by molar-refractivity contribution is 7.08. The van der Waals surface area contributed by atoms with Crippen LogP contribution in [0, 0.1) is 0 Å². The number of carbonyl (C=O) groups is 2. The van der Waals surface area contributed by atoms with Crippen molar-refractivity contribution in [3.8, 4) is 0 Å². The molecule has 5 nitrogen and oxygen atoms in total. The lowest BCUT2D eigenvalue weighted by molar-refractivity contribution is -0.139. The summed E-state index contributed by atoms with van der Waals surface area (Å²) in [6, 6.07) is 1.98. The minimum absolute atomic E-state index is 0. The number of halogens is 1. The Morgan fingerprint density at radius 2 is 1.88 bits per heavy atom. The molecule has 0 aromatic carbocycles. The standard InChI is InChI=1S/C17H25N3O2S.ClH/c18-17(7-2-1-3-8-17)16(22)20-9-4-14(5-10-20)19-15(21)13-6-11-23-12-13;/h6,11-12,14H,1-5,7-10,18H2,(H,19,21);1H. The van der Waals surface area contributed by atoms with E-state index in [9.17, 15) is 9.59 Å². The summed E-state index contributed by atoms with van der Waals surface area (Å²) in [5, 5.41) is 6.83. The minimum Gasteiger partial charge on any atom is -0.349 e. The smallest absolute Gasteiger partial charge is 0.252 e. The van der Waals surface area contributed by atoms with Gasteiger partial charge in [0.2, 0.25) is 5.91 Å². The molecule has 1 aliphatic heterocycles. The number of likely N-dealkylation sites (tertiary alicyclic amines) is 1. The van der Waals surface area contributed by atoms with Crippen LogP contribution < -0.4 is 11.1 Å². The summed E-state index contributed by atoms with van der Waals surface area (Å²) in [7, 11) is 0. The van der Waals surface area contributed by atoms with E-state index in [1.807, 2.05) is 21.7 Å². The van der Waals surface area contributed by atoms with E-state index in [0.717, 1.165) is 44.1 Å². The largest absolute Gasteiger partial charge is 0.349 e. The van der Waals surface area contributed by atoms with Gasteiger partial charge in [0.05, 0.1) is 5.54 Å². The number of rotatable bonds is 3. The van der Waals surface area contributed by atoms with Gasteiger partial charge in [-0.05, 0) is 37.1 Å². The molecule has 0 radical (unpaired) electrons. The van der Waals surface area contributed by atoms with Crippen molar-refractivity contribution in [1.29, 1.82) is 0 Å². The van der Waals surface area contributed by atoms with Crippen molar-refractivity contribution in [2.45, 2.75) is 56.5 Å². The fraction of sp³-hybridized carbons (Fsp3) is 0.647. The fourth-order valence-electron chi connectivity index (χ4n) is 3.60. The Morgan fingerprint density at radius 3 is 2.46 bits per heavy atom. The molecule has 7 heteroatoms. The van der Waals surface area contributed by atoms with Crippen LogP contribution in [0.1, 0.15) is 55.3 Å². The van der Waals surface area contributed by atoms with Gasteiger partial charge in [-0.25, -0.2) is 0 Å². The van der Waals surface area contributed by atoms with Gasteiger partial charge in [0, 0.05) is 30.1 Å². The van der Waals surface area contributed by atoms with Crippen molar-refractivity contribution in [3.05, 3.63) is 22.4 Å². The Labute approximate surface area is 153 Å². The second kappa shape index (κ2) is 8.32. The van der Waals surface area contributed by atoms with Crippen LogP contribution in [-0.4, -0.2) is 41.4 Å². The molecule has 2 aliphatic rings. The van der Waals surface area contributed by atoms with E-state index in [1.165, 1.54) is 17.8 Å². The van der Waals surface area contributed by atoms with Crippen LogP contribution in [-0.2, 0) is 4.79 Å². The van der Waals surface area contributed by atoms with Gasteiger partial charge < -0.3 is 16.0 Å². The summed E-state index contributed by atoms with van der Waals surface area (Å²) < 4.78 is 0. The first kappa shape index (κ1) is 19.2. The lowest BCUT2D eigenvalue weighted by Gasteiger charge is -2.40. The van der Waals surface area contributed by atoms with Gasteiger partial charge in [-0.1, -0.05) is 19.3 Å². The van der Waals surface area contributed by atoms with Crippen LogP contribution in [0.25, 0.3) is 0 Å². The molecule has 0 unspecified atom stereocenters. The van der Waals surface area contributed by atoms with E-state index >= 15 is 0 Å². The lowest BCUT2D eigenvalue weighted by Crippen LogP contribution is -2.58. The van der Waals surface area contributed by atoms with Gasteiger partial charge in [-0.3, -0.25) is 9.59 Å². The monoisotopic (exact) mass is 371 g/mol. The third-order valence-corrected chi connectivity index (χ3v) is 5.76. The molecule has 2 fully saturated rings. The van der Waals surface area contributed by atoms with Crippen LogP contribution in [0.15, 0.2) is 16.8 Å². The number of piperidine rings is 1. The molecule has 1 saturated carbocycles. The molecule has 3 N–H and O–H groups in total. The van der Waals surface area contributed by atoms with Gasteiger partial charge in [-0.2, -0.15) is 11.3 Å². The van der Waals surface area contributed by atoms with Crippen molar-refractivity contribution < 1.29 is 9.59 Å². The van der Waals surface area contributed by atoms with Crippen molar-refractivity contribution >= 4 is 35.6 Å². The van der Waals surface area contributed by atoms with Crippen molar-refractivity contribution in [2.24, 2.45) is 5.73 Å². The molecule has 0 bridgehead atoms. The van der Waals surface area contributed by atoms with Crippen LogP contribution in [0.4, 0.5) is 0 Å². The maximum Gasteiger partial charge on any atom is 0.252 e. The normalized spacial score (nSPS) is 21.0. The third kappa shape index (κ3) is 4.29. The van der Waals surface area contributed by atoms with E-state index in [-0.39, 0.29) is 30.3 Å². The summed E-state index contributed by atoms with van der Waals surface area (Å²) in [5.41, 5.74) is 6.42. The second-order valence-corrected chi connectivity index (χ2v) is 7.55. The number of thiophene rings is 1. The zero-order chi connectivity index (χ0) is 16.3. The molecule has 1 aromatic rings. The van der Waals surface area contributed by atoms with Crippen LogP contribution >= 0.6 is 23.7 Å². The molecule has 1 aliphatic carbocycles. The van der Waals surface area contributed by atoms with Crippen LogP contribution in [0.5, 0.6) is 0 Å². The first-order valence-corrected chi connectivity index (χ1v) is 9.44. The SMILES string of the molecule is Cl.NC1(C(=O)N2CCC(NC(=O)c3ccsc3)CC2)CCCCC1. The average molecular weight is 372 g/mol. The Balaban J connectivity index is 0.00000208. The third-order valence-electron chi connectivity index (χ3n) is 5.07. The lowest BCUT2D eigenvalue weighted by atomic mass is 9.81. The first-order chi connectivity index (χ1) is 11.1. The summed E-state index contributed by atoms with van der Waals surface area (Å²) >= 11 is 1.52. The average Bonchev–Trinajstić information content (AvgIpc) is 3.10. The molecule has 2 amide bonds. The fourth-order valence-corrected chi connectivity index (χ4v) is 4.24. The van der Waals surface area contributed by atoms with E-state index in [1.54, 1.807) is 0 Å². The van der Waals surface area contributed by atoms with E-state index in [0.29, 0.717) is 13.1 Å². The van der Waals surface area contributed by atoms with E-state index < -0.39 is 5.54 Å². The first-order valence-electron chi connectivity index (χ1n) is 8.50. The van der Waals surface area contributed by atoms with Crippen molar-refractivity contribution in [3.63, 3.8) is 0 Å². The highest BCUT2D eigenvalue weighted by atomic mass is 35.5. The Morgan fingerprint density at radius 1 is 1.21 bits per heavy atom. The highest BCUT2D eigenvalue weighted by Crippen LogP contribution is 2.28. The number of nitrogens with one attached hydrogen (secondary N) is 1. The summed E-state index contributed by atoms with van der Waals surface area (Å²) in [4.78, 5) is 26.7. The predicted molar refractivity (Wildman–Crippen MR) is 98.6 cm³/mol. The molecule has 0 spiro atoms. The summed E-state index contributed by atoms with van der Waals surface area (Å²) in [5.74, 6) is 0.0958. The number of carbonyl (C=O) groups excluding carboxylic acids is 2. The highest BCUT2D eigenvalue weighted by Gasteiger charge is 2.39. The molecular formula is C17H26ClN3O2S. The Kier molecular flexibility index (Phi) is 6.66. The maximum atomic E-state index is 12.7. The quantitative estimate of drug-likeness (QED) is 0.857. The Bertz CT molecular complexity index is 550. The Hall–Kier alpha value is -1.11. The molecule has 1 aromatic heterocycles. The van der Waals surface area contributed by atoms with Gasteiger partial charge >= 0.3 is 0 Å². The van der Waals surface area contributed by atoms with Gasteiger partial charge in [-0.15, -0.1) is 12.4 Å². The zero-order valence-corrected chi connectivity index (χ0v) is 15.5. The topological polar surface area (TPSA) is 75.4 Å². The zero-order valence-electron chi connectivity index (χ0n) is 13.8. The van der Waals surface area contributed by atoms with Crippen LogP contribution in [0.2, 0.25) is 0 Å². The molecule has 0 atom stereocenters. The van der Waals surface area contributed by atoms with Crippen LogP contribution in [0.3, 0.4) is 0 Å². The predicted octanol–water partition coefficient (Wildman–Crippen LogP) is 2.55. The molecule has 1 saturated heterocycles. The van der Waals surface area contributed by atoms with Crippen molar-refractivity contribution in [1.82, 2.24) is 10.2 Å². The molecule has 3 rings (SSSR count). The number of nitrogens with two attached hydrogens (primary N) is 1. The molecule has 2 heterocycles. The van der Waals surface area contributed by atoms with Gasteiger partial charge in [0.15, 0.2) is 0 Å². The van der Waals surface area contributed by atoms with E-state index in [2.05, 4.69) is 5.32 Å². The molecule has 24 heavy (non-hydrogen) atoms. The molecular weight excluding hydrogens is 346 g/mol. The van der Waals surface area contributed by atoms with Gasteiger partial charge in [0.25, 0.3) is 5.91 Å². The summed E-state index contributed by atoms with van der Waals surface area (Å²) in [6.07, 6.45) is 6.50. The number of hydrogen-bond donors (Lipinski definition) is 2. The maximum absolute atomic E-state index is 12.7. The minimum atomic E-state index is -0.648. The number of nitrogens with zero attached hydrogens (tertiary/aromatic N) is 1. The number of hydrogen-bond acceptors (Lipinski definition) is 4.